The fourth-order valence-corrected chi connectivity index (χ4v) is 6.89. The summed E-state index contributed by atoms with van der Waals surface area (Å²) in [6.45, 7) is 15.1. The molecule has 0 aliphatic carbocycles. The normalized spacial score (nSPS) is 19.4. The van der Waals surface area contributed by atoms with Gasteiger partial charge >= 0.3 is 24.6 Å². The van der Waals surface area contributed by atoms with Gasteiger partial charge in [0.05, 0.1) is 26.4 Å². The number of anilines is 2. The molecule has 22 heteroatoms. The number of hydrogen-bond acceptors (Lipinski definition) is 10. The van der Waals surface area contributed by atoms with Crippen LogP contribution in [0.25, 0.3) is 0 Å². The maximum absolute atomic E-state index is 12.6. The monoisotopic (exact) mass is 898 g/mol. The molecule has 1 amide bonds. The van der Waals surface area contributed by atoms with E-state index in [2.05, 4.69) is 41.8 Å². The van der Waals surface area contributed by atoms with Crippen LogP contribution >= 0.6 is 23.2 Å². The third kappa shape index (κ3) is 15.8. The van der Waals surface area contributed by atoms with Crippen molar-refractivity contribution in [3.05, 3.63) is 57.6 Å². The lowest BCUT2D eigenvalue weighted by Gasteiger charge is -2.36. The molecule has 0 radical (unpaired) electrons. The number of amides is 1. The number of carbonyl (C=O) groups excluding carboxylic acids is 1. The molecule has 0 bridgehead atoms. The van der Waals surface area contributed by atoms with Crippen LogP contribution < -0.4 is 15.1 Å². The summed E-state index contributed by atoms with van der Waals surface area (Å²) in [4.78, 5) is 22.6. The van der Waals surface area contributed by atoms with Crippen LogP contribution in [0, 0.1) is 0 Å². The first-order valence-electron chi connectivity index (χ1n) is 18.9. The van der Waals surface area contributed by atoms with Gasteiger partial charge in [0.1, 0.15) is 0 Å². The molecule has 4 heterocycles. The van der Waals surface area contributed by atoms with E-state index in [1.165, 1.54) is 16.2 Å². The van der Waals surface area contributed by atoms with Crippen molar-refractivity contribution in [3.63, 3.8) is 0 Å². The third-order valence-corrected chi connectivity index (χ3v) is 10.2. The third-order valence-electron chi connectivity index (χ3n) is 9.77. The molecule has 11 nitrogen and oxygen atoms in total. The van der Waals surface area contributed by atoms with Crippen LogP contribution in [0.15, 0.2) is 36.4 Å². The zero-order chi connectivity index (χ0) is 43.4. The van der Waals surface area contributed by atoms with Crippen molar-refractivity contribution in [3.8, 4) is 0 Å². The maximum Gasteiger partial charge on any atom is 0.425 e. The Labute approximate surface area is 346 Å². The molecule has 4 aliphatic heterocycles. The molecule has 334 valence electrons. The first kappa shape index (κ1) is 48.7. The van der Waals surface area contributed by atoms with Gasteiger partial charge in [-0.05, 0) is 54.4 Å². The van der Waals surface area contributed by atoms with Gasteiger partial charge in [0.2, 0.25) is 6.10 Å². The highest BCUT2D eigenvalue weighted by atomic mass is 35.5. The predicted molar refractivity (Wildman–Crippen MR) is 204 cm³/mol. The summed E-state index contributed by atoms with van der Waals surface area (Å²) in [6.07, 6.45) is -23.1. The van der Waals surface area contributed by atoms with Gasteiger partial charge < -0.3 is 39.3 Å². The quantitative estimate of drug-likeness (QED) is 0.303. The number of ether oxygens (including phenoxy) is 3. The highest BCUT2D eigenvalue weighted by Gasteiger charge is 2.55. The summed E-state index contributed by atoms with van der Waals surface area (Å²) < 4.78 is 119. The summed E-state index contributed by atoms with van der Waals surface area (Å²) in [6, 6.07) is 12.1. The Hall–Kier alpha value is -2.98. The van der Waals surface area contributed by atoms with Crippen LogP contribution in [0.5, 0.6) is 0 Å². The van der Waals surface area contributed by atoms with Crippen molar-refractivity contribution in [1.82, 2.24) is 20.0 Å². The van der Waals surface area contributed by atoms with Crippen LogP contribution in [0.3, 0.4) is 0 Å². The van der Waals surface area contributed by atoms with Crippen LogP contribution in [0.2, 0.25) is 10.0 Å². The van der Waals surface area contributed by atoms with Gasteiger partial charge in [-0.1, -0.05) is 23.2 Å². The second-order valence-electron chi connectivity index (χ2n) is 14.1. The minimum atomic E-state index is -5.63. The van der Waals surface area contributed by atoms with Crippen LogP contribution in [-0.2, 0) is 27.3 Å². The molecule has 59 heavy (non-hydrogen) atoms. The first-order valence-corrected chi connectivity index (χ1v) is 19.7. The fraction of sp³-hybridized carbons (Fsp3) is 0.649. The molecular formula is C37H49Cl2F9N6O5. The number of aliphatic hydroxyl groups is 1. The highest BCUT2D eigenvalue weighted by molar-refractivity contribution is 6.31. The molecule has 2 aromatic carbocycles. The number of alkyl halides is 9. The van der Waals surface area contributed by atoms with Gasteiger partial charge in [-0.15, -0.1) is 0 Å². The van der Waals surface area contributed by atoms with Crippen LogP contribution in [0.4, 0.5) is 55.7 Å². The van der Waals surface area contributed by atoms with E-state index < -0.39 is 36.8 Å². The summed E-state index contributed by atoms with van der Waals surface area (Å²) >= 11 is 12.4. The van der Waals surface area contributed by atoms with Crippen molar-refractivity contribution < 1.29 is 63.6 Å². The molecular weight excluding hydrogens is 850 g/mol. The van der Waals surface area contributed by atoms with Gasteiger partial charge in [-0.25, -0.2) is 4.79 Å². The number of piperazine rings is 2. The maximum atomic E-state index is 12.6. The van der Waals surface area contributed by atoms with Gasteiger partial charge in [-0.2, -0.15) is 39.5 Å². The van der Waals surface area contributed by atoms with Gasteiger partial charge in [-0.3, -0.25) is 9.80 Å². The van der Waals surface area contributed by atoms with E-state index in [1.54, 1.807) is 0 Å². The molecule has 4 saturated heterocycles. The molecule has 0 saturated carbocycles. The van der Waals surface area contributed by atoms with E-state index in [1.807, 2.05) is 24.3 Å². The number of nitrogens with one attached hydrogen (secondary N) is 1. The number of rotatable bonds is 7. The van der Waals surface area contributed by atoms with Gasteiger partial charge in [0.15, 0.2) is 6.10 Å². The molecule has 1 unspecified atom stereocenters. The van der Waals surface area contributed by atoms with E-state index in [4.69, 9.17) is 37.8 Å². The van der Waals surface area contributed by atoms with E-state index >= 15 is 0 Å². The van der Waals surface area contributed by atoms with Crippen molar-refractivity contribution in [2.45, 2.75) is 50.8 Å². The van der Waals surface area contributed by atoms with E-state index in [0.717, 1.165) is 95.3 Å². The van der Waals surface area contributed by atoms with Crippen molar-refractivity contribution >= 4 is 40.7 Å². The summed E-state index contributed by atoms with van der Waals surface area (Å²) in [7, 11) is 0. The lowest BCUT2D eigenvalue weighted by atomic mass is 10.1. The molecule has 4 fully saturated rings. The molecule has 6 rings (SSSR count). The van der Waals surface area contributed by atoms with Crippen molar-refractivity contribution in [2.24, 2.45) is 0 Å². The minimum absolute atomic E-state index is 0.316. The predicted octanol–water partition coefficient (Wildman–Crippen LogP) is 6.44. The lowest BCUT2D eigenvalue weighted by molar-refractivity contribution is -0.308. The Morgan fingerprint density at radius 2 is 1.08 bits per heavy atom. The second-order valence-corrected chi connectivity index (χ2v) is 15.0. The number of halogens is 11. The number of morpholine rings is 2. The zero-order valence-corrected chi connectivity index (χ0v) is 33.8. The van der Waals surface area contributed by atoms with E-state index in [9.17, 15) is 44.3 Å². The largest absolute Gasteiger partial charge is 0.437 e. The number of benzene rings is 2. The molecule has 2 aromatic rings. The first-order chi connectivity index (χ1) is 27.7. The summed E-state index contributed by atoms with van der Waals surface area (Å²) in [5.74, 6) is 0. The van der Waals surface area contributed by atoms with Crippen molar-refractivity contribution in [2.75, 3.05) is 115 Å². The van der Waals surface area contributed by atoms with E-state index in [-0.39, 0.29) is 0 Å². The van der Waals surface area contributed by atoms with Crippen LogP contribution in [0.1, 0.15) is 18.1 Å². The zero-order valence-electron chi connectivity index (χ0n) is 32.3. The molecule has 2 N–H and O–H groups in total. The summed E-state index contributed by atoms with van der Waals surface area (Å²) in [5, 5.41) is 12.3. The van der Waals surface area contributed by atoms with Crippen molar-refractivity contribution in [1.29, 1.82) is 0 Å². The summed E-state index contributed by atoms with van der Waals surface area (Å²) in [5.41, 5.74) is 4.84. The molecule has 1 atom stereocenters. The van der Waals surface area contributed by atoms with Gasteiger partial charge in [0.25, 0.3) is 0 Å². The minimum Gasteiger partial charge on any atom is -0.437 e. The topological polar surface area (TPSA) is 93.2 Å². The standard InChI is InChI=1S/C19H25ClF3N3O3.C15H22ClN3O.C3H2F6O/c1-14(19(21,22)23)29-18(27)26-6-4-24(5-7-26)13-15-12-16(20)2-3-17(15)25-8-10-28-11-9-25;16-14-1-2-15(19-7-9-20-10-8-19)13(11-14)12-18-5-3-17-4-6-18;4-2(5,6)1(10)3(7,8)9/h2-3,12,14H,4-11,13H2,1H3;1-2,11,17H,3-10,12H2;1,10H. The SMILES string of the molecule is CC(OC(=O)N1CCN(Cc2cc(Cl)ccc2N2CCOCC2)CC1)C(F)(F)F.Clc1ccc(N2CCOCC2)c(CN2CCNCC2)c1.OC(C(F)(F)F)C(F)(F)F. The Balaban J connectivity index is 0.000000221. The van der Waals surface area contributed by atoms with Gasteiger partial charge in [0, 0.05) is 113 Å². The number of carbonyl (C=O) groups is 1. The number of hydrogen-bond donors (Lipinski definition) is 2. The Kier molecular flexibility index (Phi) is 18.3. The number of aliphatic hydroxyl groups excluding tert-OH is 1. The smallest absolute Gasteiger partial charge is 0.425 e. The average Bonchev–Trinajstić information content (AvgIpc) is 3.18. The Morgan fingerprint density at radius 1 is 0.678 bits per heavy atom. The lowest BCUT2D eigenvalue weighted by Crippen LogP contribution is -2.49. The Morgan fingerprint density at radius 3 is 1.46 bits per heavy atom. The number of nitrogens with zero attached hydrogens (tertiary/aromatic N) is 5. The van der Waals surface area contributed by atoms with E-state index in [0.29, 0.717) is 51.0 Å². The Bertz CT molecular complexity index is 1590. The average molecular weight is 900 g/mol. The fourth-order valence-electron chi connectivity index (χ4n) is 6.50. The molecule has 4 aliphatic rings. The highest BCUT2D eigenvalue weighted by Crippen LogP contribution is 2.33. The molecule has 0 aromatic heterocycles. The van der Waals surface area contributed by atoms with Crippen LogP contribution in [-0.4, -0.2) is 162 Å². The second kappa shape index (κ2) is 22.2. The molecule has 0 spiro atoms.